The first-order valence-corrected chi connectivity index (χ1v) is 10.1. The molecule has 100 valence electrons. The highest BCUT2D eigenvalue weighted by atomic mass is 28.4. The first kappa shape index (κ1) is 13.8. The van der Waals surface area contributed by atoms with Gasteiger partial charge in [-0.1, -0.05) is 44.2 Å². The monoisotopic (exact) mass is 264 g/mol. The van der Waals surface area contributed by atoms with Crippen molar-refractivity contribution in [1.82, 2.24) is 0 Å². The van der Waals surface area contributed by atoms with Gasteiger partial charge in [0.25, 0.3) is 0 Å². The van der Waals surface area contributed by atoms with E-state index in [1.54, 1.807) is 0 Å². The van der Waals surface area contributed by atoms with Crippen LogP contribution in [0.15, 0.2) is 30.3 Å². The molecular formula is C15H24O2Si. The van der Waals surface area contributed by atoms with Gasteiger partial charge < -0.3 is 9.53 Å². The van der Waals surface area contributed by atoms with Crippen molar-refractivity contribution in [2.24, 2.45) is 5.92 Å². The molecule has 2 nitrogen and oxygen atoms in total. The summed E-state index contributed by atoms with van der Waals surface area (Å²) in [5.41, 5.74) is -0.210. The third kappa shape index (κ3) is 2.15. The molecule has 18 heavy (non-hydrogen) atoms. The molecule has 1 aromatic carbocycles. The second-order valence-electron chi connectivity index (χ2n) is 6.66. The van der Waals surface area contributed by atoms with Crippen LogP contribution in [0.3, 0.4) is 0 Å². The molecule has 0 saturated heterocycles. The molecule has 1 aromatic rings. The van der Waals surface area contributed by atoms with Gasteiger partial charge in [-0.25, -0.2) is 0 Å². The van der Waals surface area contributed by atoms with E-state index >= 15 is 0 Å². The molecule has 2 rings (SSSR count). The lowest BCUT2D eigenvalue weighted by Gasteiger charge is -2.33. The summed E-state index contributed by atoms with van der Waals surface area (Å²) in [6, 6.07) is 9.93. The van der Waals surface area contributed by atoms with E-state index in [-0.39, 0.29) is 0 Å². The highest BCUT2D eigenvalue weighted by Crippen LogP contribution is 2.62. The van der Waals surface area contributed by atoms with Gasteiger partial charge in [-0.15, -0.1) is 0 Å². The molecule has 1 aliphatic rings. The van der Waals surface area contributed by atoms with E-state index in [0.29, 0.717) is 12.3 Å². The summed E-state index contributed by atoms with van der Waals surface area (Å²) >= 11 is 0. The standard InChI is InChI=1S/C15H24O2Si/c1-12(2)15(17-18(3,4)5)11-14(15,16)13-9-7-6-8-10-13/h6-10,12,16H,11H2,1-5H3/t14-,15-/m1/s1. The third-order valence-corrected chi connectivity index (χ3v) is 4.74. The summed E-state index contributed by atoms with van der Waals surface area (Å²) in [4.78, 5) is 0. The molecular weight excluding hydrogens is 240 g/mol. The van der Waals surface area contributed by atoms with Crippen LogP contribution in [-0.2, 0) is 10.0 Å². The maximum atomic E-state index is 10.9. The van der Waals surface area contributed by atoms with Crippen molar-refractivity contribution in [2.45, 2.75) is 51.1 Å². The summed E-state index contributed by atoms with van der Waals surface area (Å²) in [5.74, 6) is 0.314. The minimum absolute atomic E-state index is 0.314. The lowest BCUT2D eigenvalue weighted by molar-refractivity contribution is 0.00166. The van der Waals surface area contributed by atoms with E-state index in [4.69, 9.17) is 4.43 Å². The van der Waals surface area contributed by atoms with Crippen LogP contribution in [0, 0.1) is 5.92 Å². The van der Waals surface area contributed by atoms with Crippen molar-refractivity contribution in [1.29, 1.82) is 0 Å². The van der Waals surface area contributed by atoms with Gasteiger partial charge in [0.15, 0.2) is 8.32 Å². The Morgan fingerprint density at radius 1 is 1.17 bits per heavy atom. The fourth-order valence-corrected chi connectivity index (χ4v) is 4.43. The highest BCUT2D eigenvalue weighted by Gasteiger charge is 2.71. The van der Waals surface area contributed by atoms with Gasteiger partial charge in [0.2, 0.25) is 0 Å². The molecule has 0 unspecified atom stereocenters. The fraction of sp³-hybridized carbons (Fsp3) is 0.600. The van der Waals surface area contributed by atoms with E-state index in [0.717, 1.165) is 5.56 Å². The van der Waals surface area contributed by atoms with Crippen molar-refractivity contribution in [3.8, 4) is 0 Å². The van der Waals surface area contributed by atoms with Crippen molar-refractivity contribution in [2.75, 3.05) is 0 Å². The van der Waals surface area contributed by atoms with E-state index in [1.165, 1.54) is 0 Å². The molecule has 1 aliphatic carbocycles. The maximum absolute atomic E-state index is 10.9. The summed E-state index contributed by atoms with van der Waals surface area (Å²) in [5, 5.41) is 10.9. The molecule has 0 amide bonds. The van der Waals surface area contributed by atoms with Crippen LogP contribution in [0.25, 0.3) is 0 Å². The average molecular weight is 264 g/mol. The van der Waals surface area contributed by atoms with E-state index in [2.05, 4.69) is 33.5 Å². The second-order valence-corrected chi connectivity index (χ2v) is 11.1. The molecule has 0 radical (unpaired) electrons. The largest absolute Gasteiger partial charge is 0.408 e. The number of hydrogen-bond donors (Lipinski definition) is 1. The normalized spacial score (nSPS) is 31.7. The van der Waals surface area contributed by atoms with Gasteiger partial charge in [0, 0.05) is 6.42 Å². The molecule has 2 atom stereocenters. The van der Waals surface area contributed by atoms with Crippen molar-refractivity contribution < 1.29 is 9.53 Å². The first-order valence-electron chi connectivity index (χ1n) is 6.69. The Kier molecular flexibility index (Phi) is 3.20. The van der Waals surface area contributed by atoms with Crippen LogP contribution >= 0.6 is 0 Å². The Morgan fingerprint density at radius 2 is 1.72 bits per heavy atom. The molecule has 1 N–H and O–H groups in total. The third-order valence-electron chi connectivity index (χ3n) is 3.77. The van der Waals surface area contributed by atoms with E-state index in [1.807, 2.05) is 30.3 Å². The van der Waals surface area contributed by atoms with Gasteiger partial charge >= 0.3 is 0 Å². The minimum Gasteiger partial charge on any atom is -0.408 e. The van der Waals surface area contributed by atoms with Gasteiger partial charge in [0.1, 0.15) is 5.60 Å². The Bertz CT molecular complexity index is 424. The average Bonchev–Trinajstić information content (AvgIpc) is 2.85. The molecule has 1 saturated carbocycles. The van der Waals surface area contributed by atoms with Gasteiger partial charge in [-0.05, 0) is 31.1 Å². The Labute approximate surface area is 111 Å². The Balaban J connectivity index is 2.32. The zero-order chi connectivity index (χ0) is 13.6. The number of benzene rings is 1. The molecule has 1 fully saturated rings. The number of aliphatic hydroxyl groups is 1. The molecule has 3 heteroatoms. The summed E-state index contributed by atoms with van der Waals surface area (Å²) in [6.45, 7) is 10.8. The molecule has 0 spiro atoms. The van der Waals surface area contributed by atoms with Crippen LogP contribution in [0.1, 0.15) is 25.8 Å². The van der Waals surface area contributed by atoms with Crippen molar-refractivity contribution in [3.63, 3.8) is 0 Å². The summed E-state index contributed by atoms with van der Waals surface area (Å²) in [6.07, 6.45) is 0.714. The zero-order valence-corrected chi connectivity index (χ0v) is 13.0. The lowest BCUT2D eigenvalue weighted by atomic mass is 9.96. The zero-order valence-electron chi connectivity index (χ0n) is 12.0. The van der Waals surface area contributed by atoms with Gasteiger partial charge in [-0.2, -0.15) is 0 Å². The summed E-state index contributed by atoms with van der Waals surface area (Å²) < 4.78 is 6.36. The SMILES string of the molecule is CC(C)[C@]1(O[Si](C)(C)C)C[C@@]1(O)c1ccccc1. The van der Waals surface area contributed by atoms with Crippen LogP contribution in [0.2, 0.25) is 19.6 Å². The van der Waals surface area contributed by atoms with Crippen LogP contribution < -0.4 is 0 Å². The lowest BCUT2D eigenvalue weighted by Crippen LogP contribution is -2.41. The van der Waals surface area contributed by atoms with Gasteiger partial charge in [0.05, 0.1) is 5.60 Å². The minimum atomic E-state index is -1.67. The molecule has 0 aliphatic heterocycles. The van der Waals surface area contributed by atoms with Crippen molar-refractivity contribution >= 4 is 8.32 Å². The Morgan fingerprint density at radius 3 is 2.17 bits per heavy atom. The second kappa shape index (κ2) is 4.19. The molecule has 0 aromatic heterocycles. The summed E-state index contributed by atoms with van der Waals surface area (Å²) in [7, 11) is -1.67. The first-order chi connectivity index (χ1) is 8.21. The predicted octanol–water partition coefficient (Wildman–Crippen LogP) is 3.52. The highest BCUT2D eigenvalue weighted by molar-refractivity contribution is 6.69. The number of rotatable bonds is 4. The van der Waals surface area contributed by atoms with Crippen LogP contribution in [-0.4, -0.2) is 19.0 Å². The fourth-order valence-electron chi connectivity index (χ4n) is 2.86. The molecule has 0 heterocycles. The van der Waals surface area contributed by atoms with Gasteiger partial charge in [-0.3, -0.25) is 0 Å². The van der Waals surface area contributed by atoms with Crippen molar-refractivity contribution in [3.05, 3.63) is 35.9 Å². The maximum Gasteiger partial charge on any atom is 0.184 e. The Hall–Kier alpha value is -0.643. The molecule has 0 bridgehead atoms. The van der Waals surface area contributed by atoms with E-state index < -0.39 is 19.5 Å². The smallest absolute Gasteiger partial charge is 0.184 e. The van der Waals surface area contributed by atoms with Crippen LogP contribution in [0.5, 0.6) is 0 Å². The quantitative estimate of drug-likeness (QED) is 0.843. The van der Waals surface area contributed by atoms with Crippen LogP contribution in [0.4, 0.5) is 0 Å². The topological polar surface area (TPSA) is 29.5 Å². The predicted molar refractivity (Wildman–Crippen MR) is 77.0 cm³/mol. The number of hydrogen-bond acceptors (Lipinski definition) is 2. The van der Waals surface area contributed by atoms with E-state index in [9.17, 15) is 5.11 Å².